The van der Waals surface area contributed by atoms with Crippen LogP contribution in [0.5, 0.6) is 0 Å². The summed E-state index contributed by atoms with van der Waals surface area (Å²) in [4.78, 5) is 27.6. The molecule has 3 N–H and O–H groups in total. The Hall–Kier alpha value is -3.53. The van der Waals surface area contributed by atoms with Crippen molar-refractivity contribution in [3.63, 3.8) is 0 Å². The maximum atomic E-state index is 14.0. The fourth-order valence-corrected chi connectivity index (χ4v) is 7.08. The van der Waals surface area contributed by atoms with Crippen molar-refractivity contribution in [2.24, 2.45) is 0 Å². The summed E-state index contributed by atoms with van der Waals surface area (Å²) in [6.45, 7) is 1.51. The van der Waals surface area contributed by atoms with Gasteiger partial charge in [0.2, 0.25) is 5.91 Å². The van der Waals surface area contributed by atoms with Gasteiger partial charge >= 0.3 is 6.09 Å². The number of amides is 2. The lowest BCUT2D eigenvalue weighted by Crippen LogP contribution is -2.48. The molecule has 1 fully saturated rings. The zero-order valence-electron chi connectivity index (χ0n) is 25.5. The summed E-state index contributed by atoms with van der Waals surface area (Å²) in [7, 11) is 1.29. The van der Waals surface area contributed by atoms with Gasteiger partial charge in [0, 0.05) is 40.4 Å². The van der Waals surface area contributed by atoms with E-state index in [1.54, 1.807) is 17.8 Å². The van der Waals surface area contributed by atoms with Gasteiger partial charge in [-0.05, 0) is 53.8 Å². The van der Waals surface area contributed by atoms with E-state index in [-0.39, 0.29) is 18.1 Å². The van der Waals surface area contributed by atoms with Gasteiger partial charge < -0.3 is 25.4 Å². The molecule has 0 aromatic heterocycles. The highest BCUT2D eigenvalue weighted by molar-refractivity contribution is 7.99. The maximum Gasteiger partial charge on any atom is 0.407 e. The van der Waals surface area contributed by atoms with E-state index in [4.69, 9.17) is 32.7 Å². The average Bonchev–Trinajstić information content (AvgIpc) is 3.08. The van der Waals surface area contributed by atoms with Crippen LogP contribution < -0.4 is 16.0 Å². The molecule has 1 saturated heterocycles. The number of carbonyl (C=O) groups excluding carboxylic acids is 2. The van der Waals surface area contributed by atoms with E-state index in [9.17, 15) is 9.59 Å². The molecule has 0 spiro atoms. The first-order valence-electron chi connectivity index (χ1n) is 15.2. The highest BCUT2D eigenvalue weighted by Crippen LogP contribution is 2.32. The first-order valence-corrected chi connectivity index (χ1v) is 16.9. The van der Waals surface area contributed by atoms with Gasteiger partial charge in [0.25, 0.3) is 0 Å². The molecule has 1 aliphatic heterocycles. The highest BCUT2D eigenvalue weighted by atomic mass is 35.5. The van der Waals surface area contributed by atoms with Gasteiger partial charge in [-0.1, -0.05) is 102 Å². The summed E-state index contributed by atoms with van der Waals surface area (Å²) < 4.78 is 11.4. The number of benzene rings is 4. The number of alkyl carbamates (subject to hydrolysis) is 1. The monoisotopic (exact) mass is 677 g/mol. The summed E-state index contributed by atoms with van der Waals surface area (Å²) in [5.41, 5.74) is 3.46. The molecular formula is C36H37Cl2N3O4S. The van der Waals surface area contributed by atoms with E-state index < -0.39 is 18.1 Å². The third-order valence-corrected chi connectivity index (χ3v) is 9.72. The second-order valence-corrected chi connectivity index (χ2v) is 12.9. The molecule has 46 heavy (non-hydrogen) atoms. The third kappa shape index (κ3) is 9.27. The number of methoxy groups -OCH3 is 1. The lowest BCUT2D eigenvalue weighted by atomic mass is 9.84. The number of hydrogen-bond acceptors (Lipinski definition) is 6. The molecule has 7 nitrogen and oxygen atoms in total. The number of nitrogens with one attached hydrogen (secondary N) is 3. The fraction of sp³-hybridized carbons (Fsp3) is 0.278. The Morgan fingerprint density at radius 1 is 0.913 bits per heavy atom. The Morgan fingerprint density at radius 2 is 1.57 bits per heavy atom. The van der Waals surface area contributed by atoms with Crippen LogP contribution in [-0.2, 0) is 20.7 Å². The van der Waals surface area contributed by atoms with Crippen molar-refractivity contribution in [3.05, 3.63) is 130 Å². The van der Waals surface area contributed by atoms with Crippen molar-refractivity contribution >= 4 is 52.7 Å². The first-order chi connectivity index (χ1) is 22.4. The van der Waals surface area contributed by atoms with Crippen molar-refractivity contribution < 1.29 is 19.1 Å². The molecule has 1 unspecified atom stereocenters. The molecule has 3 atom stereocenters. The molecule has 0 saturated carbocycles. The van der Waals surface area contributed by atoms with Gasteiger partial charge in [-0.3, -0.25) is 4.79 Å². The molecule has 5 rings (SSSR count). The molecule has 240 valence electrons. The van der Waals surface area contributed by atoms with Crippen LogP contribution in [0.2, 0.25) is 10.0 Å². The van der Waals surface area contributed by atoms with Crippen LogP contribution in [0.15, 0.2) is 108 Å². The zero-order chi connectivity index (χ0) is 32.3. The quantitative estimate of drug-likeness (QED) is 0.134. The summed E-state index contributed by atoms with van der Waals surface area (Å²) >= 11 is 14.1. The van der Waals surface area contributed by atoms with Crippen LogP contribution in [0.4, 0.5) is 10.5 Å². The Labute approximate surface area is 284 Å². The molecule has 0 aliphatic carbocycles. The maximum absolute atomic E-state index is 14.0. The van der Waals surface area contributed by atoms with Crippen molar-refractivity contribution in [2.45, 2.75) is 41.9 Å². The van der Waals surface area contributed by atoms with E-state index in [0.29, 0.717) is 22.2 Å². The van der Waals surface area contributed by atoms with Crippen LogP contribution in [0.1, 0.15) is 29.0 Å². The largest absolute Gasteiger partial charge is 0.453 e. The van der Waals surface area contributed by atoms with E-state index in [1.165, 1.54) is 7.11 Å². The number of halogens is 2. The Balaban J connectivity index is 1.27. The van der Waals surface area contributed by atoms with E-state index >= 15 is 0 Å². The van der Waals surface area contributed by atoms with Crippen molar-refractivity contribution in [1.29, 1.82) is 0 Å². The number of carbonyl (C=O) groups is 2. The SMILES string of the molecule is COC(=O)NC(C(=O)Nc1ccccc1CC[C@@H]1CNC[C@@H](CSc2ccc(Cl)cc2Cl)O1)C(c1ccccc1)c1ccccc1. The molecule has 1 heterocycles. The number of thioether (sulfide) groups is 1. The third-order valence-electron chi connectivity index (χ3n) is 7.85. The second kappa shape index (κ2) is 16.9. The smallest absolute Gasteiger partial charge is 0.407 e. The van der Waals surface area contributed by atoms with Gasteiger partial charge in [0.1, 0.15) is 6.04 Å². The van der Waals surface area contributed by atoms with E-state index in [2.05, 4.69) is 16.0 Å². The number of rotatable bonds is 12. The normalized spacial score (nSPS) is 16.9. The molecule has 0 radical (unpaired) electrons. The van der Waals surface area contributed by atoms with Crippen molar-refractivity contribution in [3.8, 4) is 0 Å². The molecular weight excluding hydrogens is 641 g/mol. The lowest BCUT2D eigenvalue weighted by Gasteiger charge is -2.31. The summed E-state index contributed by atoms with van der Waals surface area (Å²) in [6.07, 6.45) is 0.824. The van der Waals surface area contributed by atoms with Crippen LogP contribution >= 0.6 is 35.0 Å². The molecule has 1 aliphatic rings. The molecule has 2 amide bonds. The van der Waals surface area contributed by atoms with Crippen LogP contribution in [-0.4, -0.2) is 56.2 Å². The van der Waals surface area contributed by atoms with Crippen LogP contribution in [0.25, 0.3) is 0 Å². The number of aryl methyl sites for hydroxylation is 1. The molecule has 0 bridgehead atoms. The summed E-state index contributed by atoms with van der Waals surface area (Å²) in [5.74, 6) is -0.0344. The van der Waals surface area contributed by atoms with Gasteiger partial charge in [0.15, 0.2) is 0 Å². The highest BCUT2D eigenvalue weighted by Gasteiger charge is 2.33. The van der Waals surface area contributed by atoms with Gasteiger partial charge in [0.05, 0.1) is 24.3 Å². The molecule has 4 aromatic rings. The van der Waals surface area contributed by atoms with Gasteiger partial charge in [-0.15, -0.1) is 11.8 Å². The summed E-state index contributed by atoms with van der Waals surface area (Å²) in [6, 6.07) is 31.7. The molecule has 4 aromatic carbocycles. The van der Waals surface area contributed by atoms with Crippen molar-refractivity contribution in [1.82, 2.24) is 10.6 Å². The van der Waals surface area contributed by atoms with Gasteiger partial charge in [-0.25, -0.2) is 4.79 Å². The Bertz CT molecular complexity index is 1560. The van der Waals surface area contributed by atoms with E-state index in [0.717, 1.165) is 46.8 Å². The Kier molecular flexibility index (Phi) is 12.4. The Morgan fingerprint density at radius 3 is 2.24 bits per heavy atom. The summed E-state index contributed by atoms with van der Waals surface area (Å²) in [5, 5.41) is 10.7. The van der Waals surface area contributed by atoms with E-state index in [1.807, 2.05) is 97.1 Å². The second-order valence-electron chi connectivity index (χ2n) is 11.0. The lowest BCUT2D eigenvalue weighted by molar-refractivity contribution is -0.118. The number of ether oxygens (including phenoxy) is 2. The average molecular weight is 679 g/mol. The fourth-order valence-electron chi connectivity index (χ4n) is 5.59. The predicted octanol–water partition coefficient (Wildman–Crippen LogP) is 7.57. The number of morpholine rings is 1. The van der Waals surface area contributed by atoms with Gasteiger partial charge in [-0.2, -0.15) is 0 Å². The van der Waals surface area contributed by atoms with Crippen molar-refractivity contribution in [2.75, 3.05) is 31.3 Å². The number of para-hydroxylation sites is 1. The number of hydrogen-bond donors (Lipinski definition) is 3. The van der Waals surface area contributed by atoms with Crippen LogP contribution in [0, 0.1) is 0 Å². The van der Waals surface area contributed by atoms with Crippen LogP contribution in [0.3, 0.4) is 0 Å². The first kappa shape index (κ1) is 33.8. The standard InChI is InChI=1S/C36H37Cl2N3O4S/c1-44-36(43)41-34(33(25-11-4-2-5-12-25)26-13-6-3-7-14-26)35(42)40-31-15-9-8-10-24(31)16-18-28-21-39-22-29(45-28)23-46-32-19-17-27(37)20-30(32)38/h2-15,17,19-20,28-29,33-34,39H,16,18,21-23H2,1H3,(H,40,42)(H,41,43)/t28-,29+,34?/m1/s1. The minimum atomic E-state index is -0.941. The minimum absolute atomic E-state index is 0.0121. The molecule has 10 heteroatoms. The minimum Gasteiger partial charge on any atom is -0.453 e. The topological polar surface area (TPSA) is 88.7 Å². The number of anilines is 1. The predicted molar refractivity (Wildman–Crippen MR) is 186 cm³/mol. The zero-order valence-corrected chi connectivity index (χ0v) is 27.8.